The van der Waals surface area contributed by atoms with E-state index in [4.69, 9.17) is 0 Å². The fourth-order valence-electron chi connectivity index (χ4n) is 0.999. The largest absolute Gasteiger partial charge is 0.305 e. The van der Waals surface area contributed by atoms with Gasteiger partial charge in [0.15, 0.2) is 0 Å². The molecule has 0 radical (unpaired) electrons. The van der Waals surface area contributed by atoms with Crippen molar-refractivity contribution in [3.63, 3.8) is 0 Å². The summed E-state index contributed by atoms with van der Waals surface area (Å²) in [7, 11) is 3.47. The summed E-state index contributed by atoms with van der Waals surface area (Å²) in [6.45, 7) is 2.04. The summed E-state index contributed by atoms with van der Waals surface area (Å²) >= 11 is 0. The maximum absolute atomic E-state index is 11.4. The minimum Gasteiger partial charge on any atom is -0.282 e. The first kappa shape index (κ1) is 10.6. The van der Waals surface area contributed by atoms with Gasteiger partial charge in [0.25, 0.3) is 0 Å². The zero-order valence-electron chi connectivity index (χ0n) is 8.66. The Balaban J connectivity index is 2.62. The first-order valence-corrected chi connectivity index (χ1v) is 4.53. The Bertz CT molecular complexity index is 306. The predicted octanol–water partition coefficient (Wildman–Crippen LogP) is -0.0364. The molecule has 1 aromatic heterocycles. The Kier molecular flexibility index (Phi) is 3.58. The SMILES string of the molecule is CCCc1nc(C(=O)NN(C)C)n[nH]1. The van der Waals surface area contributed by atoms with E-state index in [1.165, 1.54) is 0 Å². The third-order valence-electron chi connectivity index (χ3n) is 1.55. The molecular formula is C8H15N5O. The number of aryl methyl sites for hydroxylation is 1. The zero-order chi connectivity index (χ0) is 10.6. The number of hydrogen-bond acceptors (Lipinski definition) is 4. The van der Waals surface area contributed by atoms with Crippen LogP contribution in [0.4, 0.5) is 0 Å². The smallest absolute Gasteiger partial charge is 0.282 e. The lowest BCUT2D eigenvalue weighted by atomic mass is 10.3. The molecule has 0 aliphatic rings. The molecule has 0 aromatic carbocycles. The quantitative estimate of drug-likeness (QED) is 0.664. The van der Waals surface area contributed by atoms with Crippen LogP contribution < -0.4 is 5.43 Å². The molecule has 0 bridgehead atoms. The van der Waals surface area contributed by atoms with Gasteiger partial charge in [-0.25, -0.2) is 9.99 Å². The molecule has 0 spiro atoms. The lowest BCUT2D eigenvalue weighted by Gasteiger charge is -2.08. The number of carbonyl (C=O) groups is 1. The van der Waals surface area contributed by atoms with Gasteiger partial charge in [0.05, 0.1) is 0 Å². The second kappa shape index (κ2) is 4.71. The van der Waals surface area contributed by atoms with Crippen LogP contribution in [-0.2, 0) is 6.42 Å². The molecule has 1 rings (SSSR count). The Hall–Kier alpha value is -1.43. The van der Waals surface area contributed by atoms with Gasteiger partial charge in [-0.3, -0.25) is 15.3 Å². The lowest BCUT2D eigenvalue weighted by molar-refractivity contribution is 0.0846. The number of aromatic nitrogens is 3. The van der Waals surface area contributed by atoms with Crippen molar-refractivity contribution in [2.24, 2.45) is 0 Å². The van der Waals surface area contributed by atoms with E-state index in [1.54, 1.807) is 19.1 Å². The van der Waals surface area contributed by atoms with E-state index in [0.29, 0.717) is 0 Å². The van der Waals surface area contributed by atoms with E-state index >= 15 is 0 Å². The first-order valence-electron chi connectivity index (χ1n) is 4.53. The van der Waals surface area contributed by atoms with Crippen molar-refractivity contribution in [3.8, 4) is 0 Å². The Labute approximate surface area is 82.7 Å². The van der Waals surface area contributed by atoms with E-state index in [-0.39, 0.29) is 11.7 Å². The molecule has 0 saturated heterocycles. The molecule has 0 saturated carbocycles. The summed E-state index contributed by atoms with van der Waals surface area (Å²) in [4.78, 5) is 15.4. The summed E-state index contributed by atoms with van der Waals surface area (Å²) in [6, 6.07) is 0. The molecule has 2 N–H and O–H groups in total. The molecule has 78 valence electrons. The predicted molar refractivity (Wildman–Crippen MR) is 51.5 cm³/mol. The van der Waals surface area contributed by atoms with E-state index in [9.17, 15) is 4.79 Å². The second-order valence-corrected chi connectivity index (χ2v) is 3.19. The van der Waals surface area contributed by atoms with E-state index in [0.717, 1.165) is 18.7 Å². The van der Waals surface area contributed by atoms with Gasteiger partial charge in [-0.1, -0.05) is 6.92 Å². The molecule has 0 fully saturated rings. The highest BCUT2D eigenvalue weighted by Crippen LogP contribution is 1.96. The highest BCUT2D eigenvalue weighted by molar-refractivity contribution is 5.89. The van der Waals surface area contributed by atoms with Gasteiger partial charge in [-0.05, 0) is 6.42 Å². The van der Waals surface area contributed by atoms with Crippen LogP contribution in [-0.4, -0.2) is 40.2 Å². The van der Waals surface area contributed by atoms with Crippen molar-refractivity contribution < 1.29 is 4.79 Å². The number of nitrogens with zero attached hydrogens (tertiary/aromatic N) is 3. The molecule has 1 heterocycles. The Morgan fingerprint density at radius 3 is 2.86 bits per heavy atom. The standard InChI is InChI=1S/C8H15N5O/c1-4-5-6-9-7(11-10-6)8(14)12-13(2)3/h4-5H2,1-3H3,(H,12,14)(H,9,10,11). The van der Waals surface area contributed by atoms with Crippen LogP contribution in [0.25, 0.3) is 0 Å². The van der Waals surface area contributed by atoms with Gasteiger partial charge in [-0.2, -0.15) is 0 Å². The summed E-state index contributed by atoms with van der Waals surface area (Å²) < 4.78 is 0. The minimum absolute atomic E-state index is 0.183. The Morgan fingerprint density at radius 2 is 2.29 bits per heavy atom. The van der Waals surface area contributed by atoms with Crippen molar-refractivity contribution in [1.29, 1.82) is 0 Å². The molecule has 0 aliphatic carbocycles. The summed E-state index contributed by atoms with van der Waals surface area (Å²) in [5.74, 6) is 0.632. The molecule has 0 aliphatic heterocycles. The molecule has 0 atom stereocenters. The summed E-state index contributed by atoms with van der Waals surface area (Å²) in [5, 5.41) is 8.09. The van der Waals surface area contributed by atoms with Gasteiger partial charge in [0.2, 0.25) is 5.82 Å². The number of amides is 1. The fourth-order valence-corrected chi connectivity index (χ4v) is 0.999. The molecule has 6 nitrogen and oxygen atoms in total. The van der Waals surface area contributed by atoms with Crippen LogP contribution in [0.5, 0.6) is 0 Å². The summed E-state index contributed by atoms with van der Waals surface area (Å²) in [6.07, 6.45) is 1.78. The van der Waals surface area contributed by atoms with Crippen molar-refractivity contribution in [2.45, 2.75) is 19.8 Å². The van der Waals surface area contributed by atoms with E-state index in [1.807, 2.05) is 6.92 Å². The van der Waals surface area contributed by atoms with Gasteiger partial charge in [-0.15, -0.1) is 5.10 Å². The third kappa shape index (κ3) is 2.81. The van der Waals surface area contributed by atoms with Gasteiger partial charge >= 0.3 is 5.91 Å². The van der Waals surface area contributed by atoms with Crippen LogP contribution in [0.1, 0.15) is 29.8 Å². The Morgan fingerprint density at radius 1 is 1.57 bits per heavy atom. The number of aromatic amines is 1. The van der Waals surface area contributed by atoms with Crippen molar-refractivity contribution in [3.05, 3.63) is 11.6 Å². The average molecular weight is 197 g/mol. The first-order chi connectivity index (χ1) is 6.63. The van der Waals surface area contributed by atoms with Crippen LogP contribution in [0, 0.1) is 0 Å². The normalized spacial score (nSPS) is 10.6. The van der Waals surface area contributed by atoms with E-state index < -0.39 is 0 Å². The average Bonchev–Trinajstić information content (AvgIpc) is 2.52. The number of carbonyl (C=O) groups excluding carboxylic acids is 1. The highest BCUT2D eigenvalue weighted by atomic mass is 16.2. The number of hydrazine groups is 1. The van der Waals surface area contributed by atoms with Crippen molar-refractivity contribution in [2.75, 3.05) is 14.1 Å². The van der Waals surface area contributed by atoms with Crippen LogP contribution in [0.15, 0.2) is 0 Å². The molecule has 0 unspecified atom stereocenters. The minimum atomic E-state index is -0.298. The number of hydrogen-bond donors (Lipinski definition) is 2. The lowest BCUT2D eigenvalue weighted by Crippen LogP contribution is -2.36. The molecule has 6 heteroatoms. The number of nitrogens with one attached hydrogen (secondary N) is 2. The monoisotopic (exact) mass is 197 g/mol. The fraction of sp³-hybridized carbons (Fsp3) is 0.625. The topological polar surface area (TPSA) is 73.9 Å². The molecule has 1 amide bonds. The number of rotatable bonds is 4. The van der Waals surface area contributed by atoms with Crippen molar-refractivity contribution >= 4 is 5.91 Å². The van der Waals surface area contributed by atoms with Crippen LogP contribution >= 0.6 is 0 Å². The third-order valence-corrected chi connectivity index (χ3v) is 1.55. The number of H-pyrrole nitrogens is 1. The van der Waals surface area contributed by atoms with Crippen LogP contribution in [0.2, 0.25) is 0 Å². The highest BCUT2D eigenvalue weighted by Gasteiger charge is 2.11. The van der Waals surface area contributed by atoms with Gasteiger partial charge < -0.3 is 0 Å². The molecule has 1 aromatic rings. The maximum atomic E-state index is 11.4. The zero-order valence-corrected chi connectivity index (χ0v) is 8.66. The summed E-state index contributed by atoms with van der Waals surface area (Å²) in [5.41, 5.74) is 2.56. The van der Waals surface area contributed by atoms with Gasteiger partial charge in [0.1, 0.15) is 5.82 Å². The maximum Gasteiger partial charge on any atom is 0.305 e. The molecule has 14 heavy (non-hydrogen) atoms. The second-order valence-electron chi connectivity index (χ2n) is 3.19. The van der Waals surface area contributed by atoms with Crippen molar-refractivity contribution in [1.82, 2.24) is 25.6 Å². The van der Waals surface area contributed by atoms with Crippen LogP contribution in [0.3, 0.4) is 0 Å². The van der Waals surface area contributed by atoms with E-state index in [2.05, 4.69) is 20.6 Å². The van der Waals surface area contributed by atoms with Gasteiger partial charge in [0, 0.05) is 20.5 Å². The molecular weight excluding hydrogens is 182 g/mol.